The Morgan fingerprint density at radius 1 is 1.40 bits per heavy atom. The van der Waals surface area contributed by atoms with Crippen LogP contribution < -0.4 is 10.1 Å². The summed E-state index contributed by atoms with van der Waals surface area (Å²) in [6.45, 7) is 4.80. The number of carboxylic acid groups (broad SMARTS) is 1. The molecule has 0 radical (unpaired) electrons. The SMILES string of the molecule is COc1cc(Cl)c(C)cc1NC(=O)CC(C)(C)C(=O)O. The molecule has 1 aromatic carbocycles. The number of ether oxygens (including phenoxy) is 1. The van der Waals surface area contributed by atoms with E-state index in [0.717, 1.165) is 5.56 Å². The monoisotopic (exact) mass is 299 g/mol. The lowest BCUT2D eigenvalue weighted by Crippen LogP contribution is -2.29. The number of carbonyl (C=O) groups excluding carboxylic acids is 1. The van der Waals surface area contributed by atoms with Crippen LogP contribution in [0.2, 0.25) is 5.02 Å². The molecule has 0 aliphatic rings. The fraction of sp³-hybridized carbons (Fsp3) is 0.429. The van der Waals surface area contributed by atoms with Crippen molar-refractivity contribution >= 4 is 29.2 Å². The lowest BCUT2D eigenvalue weighted by Gasteiger charge is -2.19. The number of hydrogen-bond acceptors (Lipinski definition) is 3. The summed E-state index contributed by atoms with van der Waals surface area (Å²) in [5.74, 6) is -0.980. The highest BCUT2D eigenvalue weighted by molar-refractivity contribution is 6.31. The van der Waals surface area contributed by atoms with Crippen LogP contribution in [0.4, 0.5) is 5.69 Å². The summed E-state index contributed by atoms with van der Waals surface area (Å²) in [4.78, 5) is 22.9. The van der Waals surface area contributed by atoms with Gasteiger partial charge in [0, 0.05) is 17.5 Å². The average molecular weight is 300 g/mol. The number of carbonyl (C=O) groups is 2. The highest BCUT2D eigenvalue weighted by Crippen LogP contribution is 2.31. The Morgan fingerprint density at radius 2 is 2.00 bits per heavy atom. The van der Waals surface area contributed by atoms with Crippen LogP contribution >= 0.6 is 11.6 Å². The van der Waals surface area contributed by atoms with Crippen molar-refractivity contribution < 1.29 is 19.4 Å². The summed E-state index contributed by atoms with van der Waals surface area (Å²) in [5.41, 5.74) is 0.138. The molecule has 0 spiro atoms. The highest BCUT2D eigenvalue weighted by Gasteiger charge is 2.30. The van der Waals surface area contributed by atoms with Crippen molar-refractivity contribution in [3.63, 3.8) is 0 Å². The molecule has 1 aromatic rings. The number of rotatable bonds is 5. The number of nitrogens with one attached hydrogen (secondary N) is 1. The molecule has 0 fully saturated rings. The molecule has 0 atom stereocenters. The molecule has 1 rings (SSSR count). The first-order chi connectivity index (χ1) is 9.17. The van der Waals surface area contributed by atoms with Crippen molar-refractivity contribution in [3.05, 3.63) is 22.7 Å². The van der Waals surface area contributed by atoms with Crippen molar-refractivity contribution in [2.24, 2.45) is 5.41 Å². The maximum atomic E-state index is 11.9. The van der Waals surface area contributed by atoms with Crippen LogP contribution in [0.15, 0.2) is 12.1 Å². The maximum Gasteiger partial charge on any atom is 0.309 e. The van der Waals surface area contributed by atoms with Gasteiger partial charge in [0.05, 0.1) is 18.2 Å². The molecule has 5 nitrogen and oxygen atoms in total. The predicted molar refractivity (Wildman–Crippen MR) is 77.4 cm³/mol. The van der Waals surface area contributed by atoms with Crippen LogP contribution in [0, 0.1) is 12.3 Å². The smallest absolute Gasteiger partial charge is 0.309 e. The Hall–Kier alpha value is -1.75. The van der Waals surface area contributed by atoms with Crippen LogP contribution in [-0.2, 0) is 9.59 Å². The topological polar surface area (TPSA) is 75.6 Å². The van der Waals surface area contributed by atoms with Gasteiger partial charge in [0.15, 0.2) is 0 Å². The van der Waals surface area contributed by atoms with E-state index < -0.39 is 17.3 Å². The second kappa shape index (κ2) is 6.13. The maximum absolute atomic E-state index is 11.9. The Kier molecular flexibility index (Phi) is 5.00. The van der Waals surface area contributed by atoms with E-state index in [1.807, 2.05) is 0 Å². The number of halogens is 1. The molecule has 0 aromatic heterocycles. The van der Waals surface area contributed by atoms with Gasteiger partial charge in [-0.1, -0.05) is 11.6 Å². The quantitative estimate of drug-likeness (QED) is 0.876. The molecule has 0 aliphatic heterocycles. The number of amides is 1. The number of aryl methyl sites for hydroxylation is 1. The molecule has 110 valence electrons. The van der Waals surface area contributed by atoms with E-state index in [1.54, 1.807) is 19.1 Å². The van der Waals surface area contributed by atoms with E-state index in [2.05, 4.69) is 5.32 Å². The number of carboxylic acids is 1. The molecule has 20 heavy (non-hydrogen) atoms. The Bertz CT molecular complexity index is 540. The van der Waals surface area contributed by atoms with Crippen LogP contribution in [0.1, 0.15) is 25.8 Å². The van der Waals surface area contributed by atoms with Gasteiger partial charge in [-0.15, -0.1) is 0 Å². The molecule has 0 heterocycles. The van der Waals surface area contributed by atoms with Gasteiger partial charge in [-0.3, -0.25) is 9.59 Å². The highest BCUT2D eigenvalue weighted by atomic mass is 35.5. The van der Waals surface area contributed by atoms with E-state index in [0.29, 0.717) is 16.5 Å². The number of benzene rings is 1. The molecular formula is C14H18ClNO4. The lowest BCUT2D eigenvalue weighted by atomic mass is 9.89. The van der Waals surface area contributed by atoms with Crippen molar-refractivity contribution in [1.29, 1.82) is 0 Å². The Labute approximate surface area is 122 Å². The van der Waals surface area contributed by atoms with Gasteiger partial charge in [0.25, 0.3) is 0 Å². The predicted octanol–water partition coefficient (Wildman–Crippen LogP) is 3.10. The first kappa shape index (κ1) is 16.3. The minimum absolute atomic E-state index is 0.132. The standard InChI is InChI=1S/C14H18ClNO4/c1-8-5-10(11(20-4)6-9(8)15)16-12(17)7-14(2,3)13(18)19/h5-6H,7H2,1-4H3,(H,16,17)(H,18,19). The van der Waals surface area contributed by atoms with Crippen molar-refractivity contribution in [2.75, 3.05) is 12.4 Å². The number of aliphatic carboxylic acids is 1. The van der Waals surface area contributed by atoms with Gasteiger partial charge in [-0.05, 0) is 32.4 Å². The summed E-state index contributed by atoms with van der Waals surface area (Å²) >= 11 is 5.98. The fourth-order valence-electron chi connectivity index (χ4n) is 1.60. The minimum atomic E-state index is -1.13. The summed E-state index contributed by atoms with van der Waals surface area (Å²) < 4.78 is 5.14. The summed E-state index contributed by atoms with van der Waals surface area (Å²) in [7, 11) is 1.47. The third-order valence-corrected chi connectivity index (χ3v) is 3.34. The third-order valence-electron chi connectivity index (χ3n) is 2.94. The van der Waals surface area contributed by atoms with E-state index in [4.69, 9.17) is 21.4 Å². The van der Waals surface area contributed by atoms with Gasteiger partial charge >= 0.3 is 5.97 Å². The normalized spacial score (nSPS) is 11.1. The Balaban J connectivity index is 2.91. The third kappa shape index (κ3) is 3.87. The zero-order chi connectivity index (χ0) is 15.5. The van der Waals surface area contributed by atoms with Crippen LogP contribution in [0.3, 0.4) is 0 Å². The minimum Gasteiger partial charge on any atom is -0.495 e. The summed E-state index contributed by atoms with van der Waals surface area (Å²) in [6.07, 6.45) is -0.132. The van der Waals surface area contributed by atoms with Crippen molar-refractivity contribution in [2.45, 2.75) is 27.2 Å². The van der Waals surface area contributed by atoms with E-state index in [1.165, 1.54) is 21.0 Å². The molecule has 0 saturated carbocycles. The average Bonchev–Trinajstić information content (AvgIpc) is 2.32. The molecule has 0 unspecified atom stereocenters. The van der Waals surface area contributed by atoms with Gasteiger partial charge in [0.2, 0.25) is 5.91 Å². The summed E-state index contributed by atoms with van der Waals surface area (Å²) in [5, 5.41) is 12.2. The molecule has 6 heteroatoms. The molecule has 0 bridgehead atoms. The van der Waals surface area contributed by atoms with Crippen LogP contribution in [0.5, 0.6) is 5.75 Å². The molecular weight excluding hydrogens is 282 g/mol. The fourth-order valence-corrected chi connectivity index (χ4v) is 1.75. The molecule has 0 saturated heterocycles. The van der Waals surface area contributed by atoms with Crippen molar-refractivity contribution in [1.82, 2.24) is 0 Å². The molecule has 1 amide bonds. The Morgan fingerprint density at radius 3 is 2.50 bits per heavy atom. The van der Waals surface area contributed by atoms with Gasteiger partial charge in [-0.2, -0.15) is 0 Å². The van der Waals surface area contributed by atoms with Crippen molar-refractivity contribution in [3.8, 4) is 5.75 Å². The summed E-state index contributed by atoms with van der Waals surface area (Å²) in [6, 6.07) is 3.29. The van der Waals surface area contributed by atoms with E-state index in [9.17, 15) is 9.59 Å². The second-order valence-corrected chi connectivity index (χ2v) is 5.62. The first-order valence-corrected chi connectivity index (χ1v) is 6.42. The first-order valence-electron chi connectivity index (χ1n) is 6.05. The van der Waals surface area contributed by atoms with Gasteiger partial charge in [0.1, 0.15) is 5.75 Å². The van der Waals surface area contributed by atoms with Crippen LogP contribution in [0.25, 0.3) is 0 Å². The lowest BCUT2D eigenvalue weighted by molar-refractivity contribution is -0.148. The zero-order valence-electron chi connectivity index (χ0n) is 11.9. The second-order valence-electron chi connectivity index (χ2n) is 5.22. The van der Waals surface area contributed by atoms with E-state index in [-0.39, 0.29) is 6.42 Å². The van der Waals surface area contributed by atoms with Gasteiger partial charge in [-0.25, -0.2) is 0 Å². The van der Waals surface area contributed by atoms with Gasteiger partial charge < -0.3 is 15.2 Å². The number of methoxy groups -OCH3 is 1. The largest absolute Gasteiger partial charge is 0.495 e. The molecule has 2 N–H and O–H groups in total. The van der Waals surface area contributed by atoms with E-state index >= 15 is 0 Å². The number of anilines is 1. The van der Waals surface area contributed by atoms with Crippen LogP contribution in [-0.4, -0.2) is 24.1 Å². The number of hydrogen-bond donors (Lipinski definition) is 2. The zero-order valence-corrected chi connectivity index (χ0v) is 12.7. The molecule has 0 aliphatic carbocycles.